The lowest BCUT2D eigenvalue weighted by molar-refractivity contribution is 0.0938. The molecule has 1 heterocycles. The average Bonchev–Trinajstić information content (AvgIpc) is 2.53. The lowest BCUT2D eigenvalue weighted by Crippen LogP contribution is -2.30. The Labute approximate surface area is 130 Å². The molecule has 2 rings (SSSR count). The van der Waals surface area contributed by atoms with E-state index in [1.54, 1.807) is 19.4 Å². The fraction of sp³-hybridized carbons (Fsp3) is 0.294. The Morgan fingerprint density at radius 1 is 1.23 bits per heavy atom. The van der Waals surface area contributed by atoms with Crippen molar-refractivity contribution in [3.05, 3.63) is 53.9 Å². The van der Waals surface area contributed by atoms with Crippen LogP contribution in [0.2, 0.25) is 0 Å². The third kappa shape index (κ3) is 4.22. The number of carbonyl (C=O) groups excluding carboxylic acids is 1. The molecule has 0 unspecified atom stereocenters. The van der Waals surface area contributed by atoms with E-state index in [4.69, 9.17) is 4.74 Å². The fourth-order valence-corrected chi connectivity index (χ4v) is 2.02. The molecule has 0 bridgehead atoms. The largest absolute Gasteiger partial charge is 0.496 e. The van der Waals surface area contributed by atoms with Crippen molar-refractivity contribution in [1.82, 2.24) is 10.3 Å². The van der Waals surface area contributed by atoms with Crippen molar-refractivity contribution in [2.24, 2.45) is 0 Å². The van der Waals surface area contributed by atoms with Gasteiger partial charge in [-0.05, 0) is 32.0 Å². The SMILES string of the molecule is COc1ccccc1CNc1ccc(C(=O)NC(C)C)nc1. The number of amides is 1. The maximum absolute atomic E-state index is 11.8. The van der Waals surface area contributed by atoms with Crippen LogP contribution in [0.4, 0.5) is 5.69 Å². The summed E-state index contributed by atoms with van der Waals surface area (Å²) in [4.78, 5) is 16.0. The van der Waals surface area contributed by atoms with E-state index in [1.165, 1.54) is 0 Å². The highest BCUT2D eigenvalue weighted by Crippen LogP contribution is 2.18. The van der Waals surface area contributed by atoms with Crippen molar-refractivity contribution in [2.75, 3.05) is 12.4 Å². The molecule has 0 aliphatic rings. The van der Waals surface area contributed by atoms with E-state index in [-0.39, 0.29) is 11.9 Å². The van der Waals surface area contributed by atoms with Crippen molar-refractivity contribution in [3.63, 3.8) is 0 Å². The van der Waals surface area contributed by atoms with Crippen LogP contribution in [0.15, 0.2) is 42.6 Å². The lowest BCUT2D eigenvalue weighted by Gasteiger charge is -2.11. The molecule has 0 saturated carbocycles. The van der Waals surface area contributed by atoms with Crippen LogP contribution in [-0.2, 0) is 6.54 Å². The summed E-state index contributed by atoms with van der Waals surface area (Å²) < 4.78 is 5.31. The monoisotopic (exact) mass is 299 g/mol. The highest BCUT2D eigenvalue weighted by Gasteiger charge is 2.08. The van der Waals surface area contributed by atoms with E-state index in [2.05, 4.69) is 15.6 Å². The summed E-state index contributed by atoms with van der Waals surface area (Å²) in [5, 5.41) is 6.08. The highest BCUT2D eigenvalue weighted by atomic mass is 16.5. The molecule has 0 aliphatic carbocycles. The van der Waals surface area contributed by atoms with E-state index in [0.717, 1.165) is 17.0 Å². The third-order valence-corrected chi connectivity index (χ3v) is 3.09. The molecule has 1 aromatic carbocycles. The van der Waals surface area contributed by atoms with Crippen LogP contribution >= 0.6 is 0 Å². The number of carbonyl (C=O) groups is 1. The average molecular weight is 299 g/mol. The molecule has 0 saturated heterocycles. The zero-order valence-electron chi connectivity index (χ0n) is 13.1. The number of para-hydroxylation sites is 1. The van der Waals surface area contributed by atoms with Crippen molar-refractivity contribution in [3.8, 4) is 5.75 Å². The lowest BCUT2D eigenvalue weighted by atomic mass is 10.2. The molecule has 5 heteroatoms. The number of nitrogens with one attached hydrogen (secondary N) is 2. The number of anilines is 1. The second-order valence-electron chi connectivity index (χ2n) is 5.23. The van der Waals surface area contributed by atoms with Crippen LogP contribution in [0.25, 0.3) is 0 Å². The first kappa shape index (κ1) is 15.8. The Morgan fingerprint density at radius 2 is 2.00 bits per heavy atom. The Kier molecular flexibility index (Phi) is 5.36. The molecule has 0 aliphatic heterocycles. The van der Waals surface area contributed by atoms with E-state index >= 15 is 0 Å². The van der Waals surface area contributed by atoms with Gasteiger partial charge in [-0.25, -0.2) is 4.98 Å². The van der Waals surface area contributed by atoms with Gasteiger partial charge in [0.1, 0.15) is 11.4 Å². The Balaban J connectivity index is 1.98. The van der Waals surface area contributed by atoms with Crippen LogP contribution in [-0.4, -0.2) is 24.0 Å². The molecular formula is C17H21N3O2. The topological polar surface area (TPSA) is 63.2 Å². The predicted molar refractivity (Wildman–Crippen MR) is 87.2 cm³/mol. The zero-order chi connectivity index (χ0) is 15.9. The van der Waals surface area contributed by atoms with Gasteiger partial charge in [0.15, 0.2) is 0 Å². The molecule has 0 fully saturated rings. The summed E-state index contributed by atoms with van der Waals surface area (Å²) in [6, 6.07) is 11.5. The molecule has 2 N–H and O–H groups in total. The number of rotatable bonds is 6. The number of hydrogen-bond donors (Lipinski definition) is 2. The number of aromatic nitrogens is 1. The minimum Gasteiger partial charge on any atom is -0.496 e. The molecule has 1 amide bonds. The van der Waals surface area contributed by atoms with Gasteiger partial charge in [0, 0.05) is 18.2 Å². The van der Waals surface area contributed by atoms with Gasteiger partial charge in [-0.3, -0.25) is 4.79 Å². The van der Waals surface area contributed by atoms with E-state index < -0.39 is 0 Å². The number of nitrogens with zero attached hydrogens (tertiary/aromatic N) is 1. The molecule has 0 spiro atoms. The second kappa shape index (κ2) is 7.45. The summed E-state index contributed by atoms with van der Waals surface area (Å²) in [5.74, 6) is 0.683. The molecule has 116 valence electrons. The summed E-state index contributed by atoms with van der Waals surface area (Å²) >= 11 is 0. The Bertz CT molecular complexity index is 624. The van der Waals surface area contributed by atoms with Crippen LogP contribution in [0.5, 0.6) is 5.75 Å². The highest BCUT2D eigenvalue weighted by molar-refractivity contribution is 5.92. The minimum atomic E-state index is -0.161. The van der Waals surface area contributed by atoms with Crippen molar-refractivity contribution in [1.29, 1.82) is 0 Å². The smallest absolute Gasteiger partial charge is 0.270 e. The van der Waals surface area contributed by atoms with Crippen LogP contribution in [0, 0.1) is 0 Å². The quantitative estimate of drug-likeness (QED) is 0.861. The molecule has 1 aromatic heterocycles. The zero-order valence-corrected chi connectivity index (χ0v) is 13.1. The number of methoxy groups -OCH3 is 1. The molecule has 5 nitrogen and oxygen atoms in total. The molecule has 2 aromatic rings. The molecule has 22 heavy (non-hydrogen) atoms. The summed E-state index contributed by atoms with van der Waals surface area (Å²) in [5.41, 5.74) is 2.33. The van der Waals surface area contributed by atoms with E-state index in [0.29, 0.717) is 12.2 Å². The van der Waals surface area contributed by atoms with Crippen molar-refractivity contribution in [2.45, 2.75) is 26.4 Å². The fourth-order valence-electron chi connectivity index (χ4n) is 2.02. The van der Waals surface area contributed by atoms with Gasteiger partial charge in [0.25, 0.3) is 5.91 Å². The third-order valence-electron chi connectivity index (χ3n) is 3.09. The van der Waals surface area contributed by atoms with Crippen LogP contribution < -0.4 is 15.4 Å². The van der Waals surface area contributed by atoms with Crippen LogP contribution in [0.3, 0.4) is 0 Å². The maximum atomic E-state index is 11.8. The van der Waals surface area contributed by atoms with E-state index in [9.17, 15) is 4.79 Å². The Morgan fingerprint density at radius 3 is 2.64 bits per heavy atom. The second-order valence-corrected chi connectivity index (χ2v) is 5.23. The van der Waals surface area contributed by atoms with Gasteiger partial charge >= 0.3 is 0 Å². The van der Waals surface area contributed by atoms with Gasteiger partial charge in [0.2, 0.25) is 0 Å². The van der Waals surface area contributed by atoms with E-state index in [1.807, 2.05) is 44.2 Å². The van der Waals surface area contributed by atoms with Crippen molar-refractivity contribution >= 4 is 11.6 Å². The van der Waals surface area contributed by atoms with Gasteiger partial charge in [-0.2, -0.15) is 0 Å². The summed E-state index contributed by atoms with van der Waals surface area (Å²) in [7, 11) is 1.66. The molecule has 0 atom stereocenters. The first-order valence-corrected chi connectivity index (χ1v) is 7.23. The first-order chi connectivity index (χ1) is 10.6. The van der Waals surface area contributed by atoms with Gasteiger partial charge in [-0.1, -0.05) is 18.2 Å². The standard InChI is InChI=1S/C17H21N3O2/c1-12(2)20-17(21)15-9-8-14(11-19-15)18-10-13-6-4-5-7-16(13)22-3/h4-9,11-12,18H,10H2,1-3H3,(H,20,21). The Hall–Kier alpha value is -2.56. The normalized spacial score (nSPS) is 10.4. The number of hydrogen-bond acceptors (Lipinski definition) is 4. The molecule has 0 radical (unpaired) electrons. The maximum Gasteiger partial charge on any atom is 0.270 e. The molecular weight excluding hydrogens is 278 g/mol. The first-order valence-electron chi connectivity index (χ1n) is 7.23. The number of pyridine rings is 1. The predicted octanol–water partition coefficient (Wildman–Crippen LogP) is 2.84. The summed E-state index contributed by atoms with van der Waals surface area (Å²) in [6.45, 7) is 4.46. The summed E-state index contributed by atoms with van der Waals surface area (Å²) in [6.07, 6.45) is 1.66. The number of ether oxygens (including phenoxy) is 1. The van der Waals surface area contributed by atoms with Crippen LogP contribution in [0.1, 0.15) is 29.9 Å². The van der Waals surface area contributed by atoms with Gasteiger partial charge in [0.05, 0.1) is 19.0 Å². The van der Waals surface area contributed by atoms with Gasteiger partial charge in [-0.15, -0.1) is 0 Å². The van der Waals surface area contributed by atoms with Crippen molar-refractivity contribution < 1.29 is 9.53 Å². The number of benzene rings is 1. The minimum absolute atomic E-state index is 0.0950. The van der Waals surface area contributed by atoms with Gasteiger partial charge < -0.3 is 15.4 Å².